The number of nitrogens with one attached hydrogen (secondary N) is 1. The molecule has 1 aromatic rings. The average Bonchev–Trinajstić information content (AvgIpc) is 2.94. The Hall–Kier alpha value is -0.910. The molecule has 0 bridgehead atoms. The summed E-state index contributed by atoms with van der Waals surface area (Å²) in [5.74, 6) is 0.739. The van der Waals surface area contributed by atoms with Gasteiger partial charge in [-0.15, -0.1) is 0 Å². The third-order valence-corrected chi connectivity index (χ3v) is 4.49. The molecule has 1 aliphatic carbocycles. The van der Waals surface area contributed by atoms with Crippen LogP contribution in [0.2, 0.25) is 0 Å². The molecule has 0 atom stereocenters. The minimum absolute atomic E-state index is 0.570. The molecule has 0 aliphatic heterocycles. The highest BCUT2D eigenvalue weighted by atomic mass is 16.5. The normalized spacial score (nSPS) is 22.9. The second kappa shape index (κ2) is 8.51. The Balaban J connectivity index is 1.88. The minimum Gasteiger partial charge on any atom is -0.384 e. The SMILES string of the molecule is CNCCN(C)Cc1ccnn1C1CCC(COC)CC1. The molecule has 5 heteroatoms. The first kappa shape index (κ1) is 16.5. The molecule has 21 heavy (non-hydrogen) atoms. The van der Waals surface area contributed by atoms with Crippen molar-refractivity contribution in [2.45, 2.75) is 38.3 Å². The van der Waals surface area contributed by atoms with E-state index in [1.165, 1.54) is 31.4 Å². The summed E-state index contributed by atoms with van der Waals surface area (Å²) in [6, 6.07) is 2.73. The van der Waals surface area contributed by atoms with E-state index < -0.39 is 0 Å². The topological polar surface area (TPSA) is 42.3 Å². The molecule has 1 aromatic heterocycles. The monoisotopic (exact) mass is 294 g/mol. The van der Waals surface area contributed by atoms with Crippen molar-refractivity contribution in [1.82, 2.24) is 20.0 Å². The van der Waals surface area contributed by atoms with Gasteiger partial charge in [0.05, 0.1) is 11.7 Å². The van der Waals surface area contributed by atoms with Crippen LogP contribution in [0.3, 0.4) is 0 Å². The molecule has 0 aromatic carbocycles. The second-order valence-electron chi connectivity index (χ2n) is 6.24. The van der Waals surface area contributed by atoms with Crippen molar-refractivity contribution in [2.24, 2.45) is 5.92 Å². The average molecular weight is 294 g/mol. The first-order valence-electron chi connectivity index (χ1n) is 8.09. The molecule has 5 nitrogen and oxygen atoms in total. The van der Waals surface area contributed by atoms with Gasteiger partial charge < -0.3 is 10.1 Å². The van der Waals surface area contributed by atoms with Crippen LogP contribution in [0.4, 0.5) is 0 Å². The number of ether oxygens (including phenoxy) is 1. The Kier molecular flexibility index (Phi) is 6.67. The lowest BCUT2D eigenvalue weighted by molar-refractivity contribution is 0.117. The van der Waals surface area contributed by atoms with E-state index in [9.17, 15) is 0 Å². The molecule has 1 fully saturated rings. The van der Waals surface area contributed by atoms with Gasteiger partial charge in [-0.25, -0.2) is 0 Å². The molecule has 0 saturated heterocycles. The summed E-state index contributed by atoms with van der Waals surface area (Å²) in [6.45, 7) is 3.96. The molecular formula is C16H30N4O. The summed E-state index contributed by atoms with van der Waals surface area (Å²) in [6.07, 6.45) is 6.91. The van der Waals surface area contributed by atoms with E-state index in [-0.39, 0.29) is 0 Å². The Morgan fingerprint density at radius 3 is 2.81 bits per heavy atom. The van der Waals surface area contributed by atoms with Crippen LogP contribution >= 0.6 is 0 Å². The Labute approximate surface area is 128 Å². The highest BCUT2D eigenvalue weighted by Gasteiger charge is 2.24. The van der Waals surface area contributed by atoms with Crippen LogP contribution < -0.4 is 5.32 Å². The van der Waals surface area contributed by atoms with Crippen molar-refractivity contribution in [3.8, 4) is 0 Å². The molecule has 2 rings (SSSR count). The van der Waals surface area contributed by atoms with Crippen molar-refractivity contribution in [3.05, 3.63) is 18.0 Å². The standard InChI is InChI=1S/C16H30N4O/c1-17-10-11-19(2)12-16-8-9-18-20(16)15-6-4-14(5-7-15)13-21-3/h8-9,14-15,17H,4-7,10-13H2,1-3H3. The number of nitrogens with zero attached hydrogens (tertiary/aromatic N) is 3. The lowest BCUT2D eigenvalue weighted by Crippen LogP contribution is -2.29. The highest BCUT2D eigenvalue weighted by Crippen LogP contribution is 2.32. The van der Waals surface area contributed by atoms with Crippen molar-refractivity contribution in [1.29, 1.82) is 0 Å². The van der Waals surface area contributed by atoms with E-state index in [4.69, 9.17) is 4.74 Å². The summed E-state index contributed by atoms with van der Waals surface area (Å²) in [5.41, 5.74) is 1.34. The van der Waals surface area contributed by atoms with E-state index in [1.54, 1.807) is 7.11 Å². The largest absolute Gasteiger partial charge is 0.384 e. The van der Waals surface area contributed by atoms with Gasteiger partial charge in [0, 0.05) is 39.5 Å². The Morgan fingerprint density at radius 2 is 2.14 bits per heavy atom. The Morgan fingerprint density at radius 1 is 1.38 bits per heavy atom. The molecule has 1 N–H and O–H groups in total. The fourth-order valence-corrected chi connectivity index (χ4v) is 3.25. The van der Waals surface area contributed by atoms with Gasteiger partial charge in [0.15, 0.2) is 0 Å². The van der Waals surface area contributed by atoms with Gasteiger partial charge in [-0.2, -0.15) is 5.10 Å². The van der Waals surface area contributed by atoms with Crippen LogP contribution in [0.15, 0.2) is 12.3 Å². The summed E-state index contributed by atoms with van der Waals surface area (Å²) >= 11 is 0. The predicted molar refractivity (Wildman–Crippen MR) is 85.4 cm³/mol. The van der Waals surface area contributed by atoms with Crippen LogP contribution in [-0.4, -0.2) is 55.6 Å². The first-order chi connectivity index (χ1) is 10.2. The van der Waals surface area contributed by atoms with Gasteiger partial charge in [-0.1, -0.05) is 0 Å². The van der Waals surface area contributed by atoms with Gasteiger partial charge in [0.25, 0.3) is 0 Å². The number of hydrogen-bond donors (Lipinski definition) is 1. The molecule has 0 amide bonds. The summed E-state index contributed by atoms with van der Waals surface area (Å²) < 4.78 is 7.55. The zero-order valence-electron chi connectivity index (χ0n) is 13.7. The second-order valence-corrected chi connectivity index (χ2v) is 6.24. The van der Waals surface area contributed by atoms with Crippen LogP contribution in [0, 0.1) is 5.92 Å². The zero-order valence-corrected chi connectivity index (χ0v) is 13.7. The molecule has 120 valence electrons. The van der Waals surface area contributed by atoms with Gasteiger partial charge in [0.1, 0.15) is 0 Å². The number of likely N-dealkylation sites (N-methyl/N-ethyl adjacent to an activating group) is 2. The predicted octanol–water partition coefficient (Wildman–Crippen LogP) is 1.91. The maximum absolute atomic E-state index is 5.29. The fraction of sp³-hybridized carbons (Fsp3) is 0.812. The van der Waals surface area contributed by atoms with Crippen molar-refractivity contribution >= 4 is 0 Å². The lowest BCUT2D eigenvalue weighted by atomic mass is 9.86. The highest BCUT2D eigenvalue weighted by molar-refractivity contribution is 5.02. The van der Waals surface area contributed by atoms with E-state index in [0.717, 1.165) is 32.2 Å². The maximum Gasteiger partial charge on any atom is 0.0527 e. The van der Waals surface area contributed by atoms with Gasteiger partial charge in [-0.05, 0) is 51.8 Å². The van der Waals surface area contributed by atoms with Gasteiger partial charge in [-0.3, -0.25) is 9.58 Å². The molecule has 0 spiro atoms. The number of rotatable bonds is 8. The van der Waals surface area contributed by atoms with Gasteiger partial charge in [0.2, 0.25) is 0 Å². The number of methoxy groups -OCH3 is 1. The van der Waals surface area contributed by atoms with Crippen molar-refractivity contribution in [2.75, 3.05) is 40.9 Å². The van der Waals surface area contributed by atoms with E-state index in [0.29, 0.717) is 6.04 Å². The lowest BCUT2D eigenvalue weighted by Gasteiger charge is -2.30. The fourth-order valence-electron chi connectivity index (χ4n) is 3.25. The summed E-state index contributed by atoms with van der Waals surface area (Å²) in [4.78, 5) is 2.35. The number of aromatic nitrogens is 2. The van der Waals surface area contributed by atoms with Crippen molar-refractivity contribution < 1.29 is 4.74 Å². The van der Waals surface area contributed by atoms with Crippen LogP contribution in [-0.2, 0) is 11.3 Å². The van der Waals surface area contributed by atoms with E-state index in [2.05, 4.69) is 33.1 Å². The zero-order chi connectivity index (χ0) is 15.1. The molecule has 0 radical (unpaired) electrons. The summed E-state index contributed by atoms with van der Waals surface area (Å²) in [7, 11) is 5.97. The maximum atomic E-state index is 5.29. The smallest absolute Gasteiger partial charge is 0.0527 e. The first-order valence-corrected chi connectivity index (χ1v) is 8.09. The molecular weight excluding hydrogens is 264 g/mol. The van der Waals surface area contributed by atoms with E-state index in [1.807, 2.05) is 13.2 Å². The van der Waals surface area contributed by atoms with E-state index >= 15 is 0 Å². The molecule has 1 aliphatic rings. The van der Waals surface area contributed by atoms with Crippen LogP contribution in [0.5, 0.6) is 0 Å². The minimum atomic E-state index is 0.570. The van der Waals surface area contributed by atoms with Gasteiger partial charge >= 0.3 is 0 Å². The molecule has 1 heterocycles. The summed E-state index contributed by atoms with van der Waals surface area (Å²) in [5, 5.41) is 7.78. The quantitative estimate of drug-likeness (QED) is 0.795. The molecule has 1 saturated carbocycles. The third-order valence-electron chi connectivity index (χ3n) is 4.49. The third kappa shape index (κ3) is 4.80. The number of hydrogen-bond acceptors (Lipinski definition) is 4. The Bertz CT molecular complexity index is 399. The van der Waals surface area contributed by atoms with Crippen LogP contribution in [0.1, 0.15) is 37.4 Å². The van der Waals surface area contributed by atoms with Crippen molar-refractivity contribution in [3.63, 3.8) is 0 Å². The molecule has 0 unspecified atom stereocenters. The van der Waals surface area contributed by atoms with Crippen LogP contribution in [0.25, 0.3) is 0 Å².